The van der Waals surface area contributed by atoms with Crippen molar-refractivity contribution in [3.63, 3.8) is 0 Å². The molecule has 6 heteroatoms. The lowest BCUT2D eigenvalue weighted by atomic mass is 10.0. The summed E-state index contributed by atoms with van der Waals surface area (Å²) in [5, 5.41) is 0. The van der Waals surface area contributed by atoms with Gasteiger partial charge in [-0.1, -0.05) is 281 Å². The van der Waals surface area contributed by atoms with Crippen LogP contribution in [0.3, 0.4) is 0 Å². The summed E-state index contributed by atoms with van der Waals surface area (Å²) in [4.78, 5) is 38.2. The topological polar surface area (TPSA) is 78.9 Å². The quantitative estimate of drug-likeness (QED) is 0.0262. The molecule has 69 heavy (non-hydrogen) atoms. The SMILES string of the molecule is CCCCC/C=C/C/C=C/C/C=C/C/C=C/CCCCCC(=O)OC[C@@H](COC(=O)CCCCCCCCCCCCCCCCC)OC(=O)CCCCCCCCCCCCCCCCCCC. The molecule has 0 fully saturated rings. The van der Waals surface area contributed by atoms with Crippen molar-refractivity contribution < 1.29 is 28.6 Å². The second-order valence-corrected chi connectivity index (χ2v) is 20.3. The van der Waals surface area contributed by atoms with E-state index in [1.807, 2.05) is 0 Å². The van der Waals surface area contributed by atoms with Crippen LogP contribution in [0.4, 0.5) is 0 Å². The molecule has 402 valence electrons. The first-order chi connectivity index (χ1) is 34.0. The largest absolute Gasteiger partial charge is 0.462 e. The van der Waals surface area contributed by atoms with Crippen molar-refractivity contribution in [2.75, 3.05) is 13.2 Å². The highest BCUT2D eigenvalue weighted by Gasteiger charge is 2.19. The minimum Gasteiger partial charge on any atom is -0.462 e. The molecule has 0 unspecified atom stereocenters. The van der Waals surface area contributed by atoms with E-state index in [4.69, 9.17) is 14.2 Å². The molecule has 0 radical (unpaired) electrons. The van der Waals surface area contributed by atoms with Gasteiger partial charge in [-0.15, -0.1) is 0 Å². The van der Waals surface area contributed by atoms with Crippen molar-refractivity contribution in [2.24, 2.45) is 0 Å². The fourth-order valence-corrected chi connectivity index (χ4v) is 8.78. The number of carbonyl (C=O) groups is 3. The van der Waals surface area contributed by atoms with Gasteiger partial charge in [0, 0.05) is 19.3 Å². The summed E-state index contributed by atoms with van der Waals surface area (Å²) in [6.45, 7) is 6.63. The predicted molar refractivity (Wildman–Crippen MR) is 298 cm³/mol. The van der Waals surface area contributed by atoms with Gasteiger partial charge in [-0.05, 0) is 64.2 Å². The van der Waals surface area contributed by atoms with E-state index in [2.05, 4.69) is 69.4 Å². The maximum Gasteiger partial charge on any atom is 0.306 e. The number of hydrogen-bond donors (Lipinski definition) is 0. The molecule has 0 aromatic heterocycles. The molecule has 0 bridgehead atoms. The van der Waals surface area contributed by atoms with E-state index in [0.29, 0.717) is 19.3 Å². The number of esters is 3. The molecule has 6 nitrogen and oxygen atoms in total. The molecule has 1 atom stereocenters. The predicted octanol–water partition coefficient (Wildman–Crippen LogP) is 20.2. The Morgan fingerprint density at radius 3 is 0.841 bits per heavy atom. The Kier molecular flexibility index (Phi) is 55.7. The van der Waals surface area contributed by atoms with Gasteiger partial charge in [0.25, 0.3) is 0 Å². The number of rotatable bonds is 55. The average Bonchev–Trinajstić information content (AvgIpc) is 3.35. The molecule has 0 aromatic rings. The third-order valence-electron chi connectivity index (χ3n) is 13.3. The standard InChI is InChI=1S/C63H114O6/c1-4-7-10-13-16-19-22-25-28-30-31-33-35-38-41-44-47-50-53-56-62(65)68-59-60(58-67-61(64)55-52-49-46-43-40-37-34-27-24-21-18-15-12-9-6-3)69-63(66)57-54-51-48-45-42-39-36-32-29-26-23-20-17-14-11-8-5-2/h16,19,25,28,31,33,38,41,60H,4-15,17-18,20-24,26-27,29-30,32,34-37,39-40,42-59H2,1-3H3/b19-16+,28-25+,33-31+,41-38+/t60-/m1/s1. The van der Waals surface area contributed by atoms with Gasteiger partial charge in [-0.2, -0.15) is 0 Å². The fourth-order valence-electron chi connectivity index (χ4n) is 8.78. The van der Waals surface area contributed by atoms with Gasteiger partial charge in [0.1, 0.15) is 13.2 Å². The zero-order chi connectivity index (χ0) is 50.0. The van der Waals surface area contributed by atoms with E-state index in [0.717, 1.165) is 83.5 Å². The van der Waals surface area contributed by atoms with Crippen LogP contribution in [-0.2, 0) is 28.6 Å². The summed E-state index contributed by atoms with van der Waals surface area (Å²) in [6.07, 6.45) is 71.0. The van der Waals surface area contributed by atoms with Crippen LogP contribution in [-0.4, -0.2) is 37.2 Å². The molecular formula is C63H114O6. The van der Waals surface area contributed by atoms with Crippen LogP contribution in [0.1, 0.15) is 316 Å². The summed E-state index contributed by atoms with van der Waals surface area (Å²) in [5.41, 5.74) is 0. The first kappa shape index (κ1) is 66.4. The van der Waals surface area contributed by atoms with Crippen LogP contribution in [0.5, 0.6) is 0 Å². The van der Waals surface area contributed by atoms with Crippen molar-refractivity contribution >= 4 is 17.9 Å². The Morgan fingerprint density at radius 2 is 0.522 bits per heavy atom. The van der Waals surface area contributed by atoms with Crippen LogP contribution in [0.15, 0.2) is 48.6 Å². The molecule has 0 aliphatic heterocycles. The molecule has 0 aliphatic carbocycles. The molecular weight excluding hydrogens is 853 g/mol. The van der Waals surface area contributed by atoms with E-state index in [1.165, 1.54) is 193 Å². The zero-order valence-corrected chi connectivity index (χ0v) is 46.1. The molecule has 0 N–H and O–H groups in total. The molecule has 0 spiro atoms. The van der Waals surface area contributed by atoms with Crippen LogP contribution in [0.25, 0.3) is 0 Å². The van der Waals surface area contributed by atoms with E-state index in [9.17, 15) is 14.4 Å². The number of hydrogen-bond acceptors (Lipinski definition) is 6. The minimum absolute atomic E-state index is 0.0787. The van der Waals surface area contributed by atoms with Crippen molar-refractivity contribution in [1.82, 2.24) is 0 Å². The first-order valence-corrected chi connectivity index (χ1v) is 30.1. The summed E-state index contributed by atoms with van der Waals surface area (Å²) in [6, 6.07) is 0. The van der Waals surface area contributed by atoms with Crippen LogP contribution < -0.4 is 0 Å². The van der Waals surface area contributed by atoms with Crippen LogP contribution in [0.2, 0.25) is 0 Å². The van der Waals surface area contributed by atoms with Crippen LogP contribution >= 0.6 is 0 Å². The van der Waals surface area contributed by atoms with Gasteiger partial charge in [-0.3, -0.25) is 14.4 Å². The normalized spacial score (nSPS) is 12.3. The third-order valence-corrected chi connectivity index (χ3v) is 13.3. The van der Waals surface area contributed by atoms with Crippen molar-refractivity contribution in [3.05, 3.63) is 48.6 Å². The number of allylic oxidation sites excluding steroid dienone is 8. The average molecular weight is 968 g/mol. The molecule has 0 rings (SSSR count). The van der Waals surface area contributed by atoms with E-state index in [-0.39, 0.29) is 31.1 Å². The second kappa shape index (κ2) is 57.9. The number of ether oxygens (including phenoxy) is 3. The van der Waals surface area contributed by atoms with Gasteiger partial charge >= 0.3 is 17.9 Å². The molecule has 0 saturated heterocycles. The minimum atomic E-state index is -0.783. The van der Waals surface area contributed by atoms with Gasteiger partial charge in [-0.25, -0.2) is 0 Å². The Hall–Kier alpha value is -2.63. The molecule has 0 amide bonds. The Bertz CT molecular complexity index is 1200. The monoisotopic (exact) mass is 967 g/mol. The van der Waals surface area contributed by atoms with E-state index >= 15 is 0 Å². The summed E-state index contributed by atoms with van der Waals surface area (Å²) in [5.74, 6) is -0.891. The first-order valence-electron chi connectivity index (χ1n) is 30.1. The number of carbonyl (C=O) groups excluding carboxylic acids is 3. The lowest BCUT2D eigenvalue weighted by molar-refractivity contribution is -0.167. The Balaban J connectivity index is 4.39. The highest BCUT2D eigenvalue weighted by Crippen LogP contribution is 2.17. The van der Waals surface area contributed by atoms with Crippen molar-refractivity contribution in [2.45, 2.75) is 322 Å². The van der Waals surface area contributed by atoms with Gasteiger partial charge in [0.2, 0.25) is 0 Å². The zero-order valence-electron chi connectivity index (χ0n) is 46.1. The summed E-state index contributed by atoms with van der Waals surface area (Å²) >= 11 is 0. The lowest BCUT2D eigenvalue weighted by Crippen LogP contribution is -2.30. The van der Waals surface area contributed by atoms with E-state index < -0.39 is 6.10 Å². The third kappa shape index (κ3) is 56.2. The second-order valence-electron chi connectivity index (χ2n) is 20.3. The number of unbranched alkanes of at least 4 members (excludes halogenated alkanes) is 36. The molecule has 0 heterocycles. The van der Waals surface area contributed by atoms with E-state index in [1.54, 1.807) is 0 Å². The Labute approximate surface area is 428 Å². The van der Waals surface area contributed by atoms with Crippen molar-refractivity contribution in [3.8, 4) is 0 Å². The molecule has 0 aliphatic rings. The Morgan fingerprint density at radius 1 is 0.290 bits per heavy atom. The lowest BCUT2D eigenvalue weighted by Gasteiger charge is -2.18. The van der Waals surface area contributed by atoms with Gasteiger partial charge in [0.05, 0.1) is 0 Å². The highest BCUT2D eigenvalue weighted by atomic mass is 16.6. The molecule has 0 saturated carbocycles. The maximum absolute atomic E-state index is 12.9. The highest BCUT2D eigenvalue weighted by molar-refractivity contribution is 5.71. The molecule has 0 aromatic carbocycles. The van der Waals surface area contributed by atoms with Crippen molar-refractivity contribution in [1.29, 1.82) is 0 Å². The smallest absolute Gasteiger partial charge is 0.306 e. The van der Waals surface area contributed by atoms with Gasteiger partial charge in [0.15, 0.2) is 6.10 Å². The summed E-state index contributed by atoms with van der Waals surface area (Å²) in [7, 11) is 0. The van der Waals surface area contributed by atoms with Crippen LogP contribution in [0, 0.1) is 0 Å². The fraction of sp³-hybridized carbons (Fsp3) is 0.825. The van der Waals surface area contributed by atoms with Gasteiger partial charge < -0.3 is 14.2 Å². The summed E-state index contributed by atoms with van der Waals surface area (Å²) < 4.78 is 16.9. The maximum atomic E-state index is 12.9.